The number of rotatable bonds is 1. The molecule has 2 aromatic rings. The fourth-order valence-electron chi connectivity index (χ4n) is 1.65. The highest BCUT2D eigenvalue weighted by Crippen LogP contribution is 2.17. The van der Waals surface area contributed by atoms with Crippen LogP contribution in [0.3, 0.4) is 0 Å². The summed E-state index contributed by atoms with van der Waals surface area (Å²) in [6.45, 7) is 3.56. The molecule has 82 valence electrons. The highest BCUT2D eigenvalue weighted by molar-refractivity contribution is 5.43. The molecule has 16 heavy (non-hydrogen) atoms. The van der Waals surface area contributed by atoms with Gasteiger partial charge in [0.2, 0.25) is 0 Å². The van der Waals surface area contributed by atoms with Gasteiger partial charge in [-0.25, -0.2) is 0 Å². The van der Waals surface area contributed by atoms with Crippen LogP contribution in [-0.2, 0) is 0 Å². The SMILES string of the molecule is Cc1c(-[n+]2ccccc2)c(O)[nH]c(=O)c1C. The highest BCUT2D eigenvalue weighted by Gasteiger charge is 2.19. The van der Waals surface area contributed by atoms with Crippen LogP contribution in [0.2, 0.25) is 0 Å². The number of nitrogens with zero attached hydrogens (tertiary/aromatic N) is 1. The largest absolute Gasteiger partial charge is 0.490 e. The Labute approximate surface area is 92.8 Å². The van der Waals surface area contributed by atoms with E-state index in [1.165, 1.54) is 0 Å². The molecule has 0 unspecified atom stereocenters. The maximum Gasteiger partial charge on any atom is 0.274 e. The summed E-state index contributed by atoms with van der Waals surface area (Å²) in [4.78, 5) is 13.8. The van der Waals surface area contributed by atoms with Gasteiger partial charge in [0, 0.05) is 23.3 Å². The average molecular weight is 217 g/mol. The predicted octanol–water partition coefficient (Wildman–Crippen LogP) is 0.974. The molecule has 0 radical (unpaired) electrons. The molecular weight excluding hydrogens is 204 g/mol. The molecule has 0 amide bonds. The number of aromatic amines is 1. The standard InChI is InChI=1S/C12H12N2O2/c1-8-9(2)11(15)13-12(16)10(8)14-6-4-3-5-7-14/h3-7H,1-2H3,(H-,13,15,16)/p+1. The van der Waals surface area contributed by atoms with Gasteiger partial charge in [0.15, 0.2) is 12.4 Å². The molecule has 4 nitrogen and oxygen atoms in total. The lowest BCUT2D eigenvalue weighted by Gasteiger charge is -2.04. The van der Waals surface area contributed by atoms with E-state index >= 15 is 0 Å². The first-order chi connectivity index (χ1) is 7.61. The van der Waals surface area contributed by atoms with Gasteiger partial charge in [-0.05, 0) is 13.8 Å². The third-order valence-corrected chi connectivity index (χ3v) is 2.69. The van der Waals surface area contributed by atoms with Gasteiger partial charge in [0.25, 0.3) is 17.1 Å². The molecule has 0 aliphatic rings. The Morgan fingerprint density at radius 3 is 2.38 bits per heavy atom. The zero-order valence-electron chi connectivity index (χ0n) is 9.19. The van der Waals surface area contributed by atoms with E-state index in [4.69, 9.17) is 0 Å². The van der Waals surface area contributed by atoms with Gasteiger partial charge < -0.3 is 5.11 Å². The number of hydrogen-bond donors (Lipinski definition) is 2. The second-order valence-corrected chi connectivity index (χ2v) is 3.68. The molecule has 0 aromatic carbocycles. The van der Waals surface area contributed by atoms with Gasteiger partial charge in [0.05, 0.1) is 0 Å². The quantitative estimate of drug-likeness (QED) is 0.699. The van der Waals surface area contributed by atoms with Crippen molar-refractivity contribution < 1.29 is 9.67 Å². The second kappa shape index (κ2) is 3.81. The van der Waals surface area contributed by atoms with Crippen molar-refractivity contribution in [3.05, 3.63) is 52.1 Å². The van der Waals surface area contributed by atoms with Crippen LogP contribution in [0, 0.1) is 13.8 Å². The number of H-pyrrole nitrogens is 1. The summed E-state index contributed by atoms with van der Waals surface area (Å²) < 4.78 is 1.77. The van der Waals surface area contributed by atoms with E-state index in [-0.39, 0.29) is 11.4 Å². The van der Waals surface area contributed by atoms with E-state index in [2.05, 4.69) is 4.98 Å². The molecule has 0 atom stereocenters. The fourth-order valence-corrected chi connectivity index (χ4v) is 1.65. The number of pyridine rings is 2. The van der Waals surface area contributed by atoms with Crippen LogP contribution in [0.15, 0.2) is 35.4 Å². The maximum absolute atomic E-state index is 11.4. The molecule has 0 aliphatic carbocycles. The average Bonchev–Trinajstić information content (AvgIpc) is 2.28. The molecule has 0 fully saturated rings. The minimum absolute atomic E-state index is 0.107. The third-order valence-electron chi connectivity index (χ3n) is 2.69. The Hall–Kier alpha value is -2.10. The van der Waals surface area contributed by atoms with Gasteiger partial charge >= 0.3 is 0 Å². The maximum atomic E-state index is 11.4. The Balaban J connectivity index is 2.76. The lowest BCUT2D eigenvalue weighted by Crippen LogP contribution is -2.32. The normalized spacial score (nSPS) is 10.4. The molecule has 0 spiro atoms. The monoisotopic (exact) mass is 217 g/mol. The van der Waals surface area contributed by atoms with Crippen LogP contribution in [0.25, 0.3) is 5.69 Å². The fraction of sp³-hybridized carbons (Fsp3) is 0.167. The zero-order valence-corrected chi connectivity index (χ0v) is 9.19. The van der Waals surface area contributed by atoms with Crippen LogP contribution >= 0.6 is 0 Å². The highest BCUT2D eigenvalue weighted by atomic mass is 16.3. The molecular formula is C12H13N2O2+. The molecule has 4 heteroatoms. The van der Waals surface area contributed by atoms with Gasteiger partial charge in [0.1, 0.15) is 0 Å². The number of nitrogens with one attached hydrogen (secondary N) is 1. The van der Waals surface area contributed by atoms with Crippen molar-refractivity contribution in [2.75, 3.05) is 0 Å². The summed E-state index contributed by atoms with van der Waals surface area (Å²) in [5.74, 6) is -0.107. The molecule has 0 saturated carbocycles. The molecule has 0 aliphatic heterocycles. The van der Waals surface area contributed by atoms with E-state index in [1.54, 1.807) is 11.5 Å². The van der Waals surface area contributed by atoms with Crippen LogP contribution in [0.5, 0.6) is 5.88 Å². The first kappa shape index (κ1) is 10.4. The molecule has 2 heterocycles. The van der Waals surface area contributed by atoms with Crippen LogP contribution in [-0.4, -0.2) is 10.1 Å². The van der Waals surface area contributed by atoms with Crippen molar-refractivity contribution in [3.8, 4) is 11.6 Å². The zero-order chi connectivity index (χ0) is 11.7. The third kappa shape index (κ3) is 1.58. The number of aromatic hydroxyl groups is 1. The Morgan fingerprint density at radius 1 is 1.12 bits per heavy atom. The Kier molecular flexibility index (Phi) is 2.48. The Morgan fingerprint density at radius 2 is 1.75 bits per heavy atom. The molecule has 0 bridgehead atoms. The molecule has 2 aromatic heterocycles. The molecule has 2 rings (SSSR count). The smallest absolute Gasteiger partial charge is 0.274 e. The summed E-state index contributed by atoms with van der Waals surface area (Å²) in [5, 5.41) is 9.77. The topological polar surface area (TPSA) is 57.0 Å². The van der Waals surface area contributed by atoms with Crippen molar-refractivity contribution >= 4 is 0 Å². The predicted molar refractivity (Wildman–Crippen MR) is 59.7 cm³/mol. The summed E-state index contributed by atoms with van der Waals surface area (Å²) in [6.07, 6.45) is 3.64. The summed E-state index contributed by atoms with van der Waals surface area (Å²) >= 11 is 0. The van der Waals surface area contributed by atoms with E-state index in [0.29, 0.717) is 11.3 Å². The first-order valence-corrected chi connectivity index (χ1v) is 5.00. The lowest BCUT2D eigenvalue weighted by molar-refractivity contribution is -0.597. The second-order valence-electron chi connectivity index (χ2n) is 3.68. The minimum Gasteiger partial charge on any atom is -0.490 e. The number of aromatic nitrogens is 2. The molecule has 2 N–H and O–H groups in total. The van der Waals surface area contributed by atoms with Gasteiger partial charge in [-0.3, -0.25) is 9.78 Å². The Bertz CT molecular complexity index is 574. The minimum atomic E-state index is -0.254. The van der Waals surface area contributed by atoms with Crippen molar-refractivity contribution in [1.29, 1.82) is 0 Å². The van der Waals surface area contributed by atoms with E-state index in [1.807, 2.05) is 37.5 Å². The summed E-state index contributed by atoms with van der Waals surface area (Å²) in [6, 6.07) is 5.61. The van der Waals surface area contributed by atoms with Crippen molar-refractivity contribution in [2.45, 2.75) is 13.8 Å². The van der Waals surface area contributed by atoms with Crippen LogP contribution < -0.4 is 10.1 Å². The lowest BCUT2D eigenvalue weighted by atomic mass is 10.1. The summed E-state index contributed by atoms with van der Waals surface area (Å²) in [5.41, 5.74) is 1.74. The molecule has 0 saturated heterocycles. The van der Waals surface area contributed by atoms with Gasteiger partial charge in [-0.15, -0.1) is 0 Å². The van der Waals surface area contributed by atoms with E-state index in [9.17, 15) is 9.90 Å². The van der Waals surface area contributed by atoms with Crippen LogP contribution in [0.4, 0.5) is 0 Å². The van der Waals surface area contributed by atoms with Crippen molar-refractivity contribution in [3.63, 3.8) is 0 Å². The van der Waals surface area contributed by atoms with Crippen molar-refractivity contribution in [2.24, 2.45) is 0 Å². The first-order valence-electron chi connectivity index (χ1n) is 5.00. The van der Waals surface area contributed by atoms with Crippen molar-refractivity contribution in [1.82, 2.24) is 4.98 Å². The number of hydrogen-bond acceptors (Lipinski definition) is 2. The summed E-state index contributed by atoms with van der Waals surface area (Å²) in [7, 11) is 0. The van der Waals surface area contributed by atoms with E-state index in [0.717, 1.165) is 5.56 Å². The van der Waals surface area contributed by atoms with Gasteiger partial charge in [-0.1, -0.05) is 6.07 Å². The van der Waals surface area contributed by atoms with E-state index < -0.39 is 0 Å². The van der Waals surface area contributed by atoms with Gasteiger partial charge in [-0.2, -0.15) is 4.57 Å². The van der Waals surface area contributed by atoms with Crippen LogP contribution in [0.1, 0.15) is 11.1 Å².